The molecule has 0 fully saturated rings. The van der Waals surface area contributed by atoms with Crippen LogP contribution in [-0.4, -0.2) is 41.0 Å². The lowest BCUT2D eigenvalue weighted by Crippen LogP contribution is -2.56. The van der Waals surface area contributed by atoms with Crippen molar-refractivity contribution in [3.8, 4) is 5.75 Å². The van der Waals surface area contributed by atoms with Gasteiger partial charge >= 0.3 is 11.9 Å². The fraction of sp³-hybridized carbons (Fsp3) is 0.462. The van der Waals surface area contributed by atoms with Gasteiger partial charge < -0.3 is 20.1 Å². The molecule has 5 rings (SSSR count). The summed E-state index contributed by atoms with van der Waals surface area (Å²) >= 11 is 0. The molecule has 3 aromatic rings. The van der Waals surface area contributed by atoms with Crippen molar-refractivity contribution in [1.82, 2.24) is 5.32 Å². The number of carbonyl (C=O) groups is 6. The van der Waals surface area contributed by atoms with E-state index in [4.69, 9.17) is 9.47 Å². The molecule has 0 bridgehead atoms. The van der Waals surface area contributed by atoms with Gasteiger partial charge in [0.1, 0.15) is 5.75 Å². The number of unbranched alkanes of at least 4 members (excludes halogenated alkanes) is 10. The highest BCUT2D eigenvalue weighted by Crippen LogP contribution is 2.44. The maximum absolute atomic E-state index is 15.2. The van der Waals surface area contributed by atoms with Crippen LogP contribution in [0.15, 0.2) is 84.0 Å². The van der Waals surface area contributed by atoms with Gasteiger partial charge in [-0.15, -0.1) is 0 Å². The Labute approximate surface area is 367 Å². The molecule has 1 atom stereocenters. The van der Waals surface area contributed by atoms with E-state index in [0.29, 0.717) is 24.8 Å². The van der Waals surface area contributed by atoms with Gasteiger partial charge in [0.15, 0.2) is 11.6 Å². The van der Waals surface area contributed by atoms with Crippen molar-refractivity contribution >= 4 is 41.0 Å². The van der Waals surface area contributed by atoms with Crippen LogP contribution < -0.4 is 15.4 Å². The fourth-order valence-electron chi connectivity index (χ4n) is 7.99. The van der Waals surface area contributed by atoms with E-state index in [2.05, 4.69) is 24.5 Å². The first-order chi connectivity index (χ1) is 30.0. The summed E-state index contributed by atoms with van der Waals surface area (Å²) < 4.78 is 11.9. The topological polar surface area (TPSA) is 145 Å². The molecule has 0 radical (unpaired) electrons. The van der Waals surface area contributed by atoms with E-state index < -0.39 is 41.0 Å². The summed E-state index contributed by atoms with van der Waals surface area (Å²) in [5, 5.41) is 5.71. The van der Waals surface area contributed by atoms with Crippen molar-refractivity contribution in [1.29, 1.82) is 0 Å². The van der Waals surface area contributed by atoms with Gasteiger partial charge in [-0.1, -0.05) is 128 Å². The number of nitrogens with one attached hydrogen (secondary N) is 2. The first-order valence-corrected chi connectivity index (χ1v) is 23.0. The molecular weight excluding hydrogens is 781 g/mol. The van der Waals surface area contributed by atoms with Crippen LogP contribution in [0.3, 0.4) is 0 Å². The normalized spacial score (nSPS) is 15.5. The van der Waals surface area contributed by atoms with Gasteiger partial charge in [0, 0.05) is 36.0 Å². The number of ketones is 2. The highest BCUT2D eigenvalue weighted by Gasteiger charge is 2.51. The van der Waals surface area contributed by atoms with Crippen LogP contribution in [0, 0.1) is 0 Å². The Kier molecular flexibility index (Phi) is 18.0. The summed E-state index contributed by atoms with van der Waals surface area (Å²) in [6.07, 6.45) is 18.8. The third-order valence-corrected chi connectivity index (χ3v) is 11.6. The number of aryl methyl sites for hydroxylation is 2. The minimum absolute atomic E-state index is 0.000583. The molecule has 10 nitrogen and oxygen atoms in total. The first-order valence-electron chi connectivity index (χ1n) is 23.0. The highest BCUT2D eigenvalue weighted by atomic mass is 16.6. The molecule has 2 aliphatic rings. The molecule has 2 aliphatic carbocycles. The molecule has 330 valence electrons. The van der Waals surface area contributed by atoms with E-state index in [-0.39, 0.29) is 58.5 Å². The van der Waals surface area contributed by atoms with Gasteiger partial charge in [-0.2, -0.15) is 0 Å². The molecule has 0 saturated heterocycles. The number of esters is 2. The number of hydrogen-bond acceptors (Lipinski definition) is 8. The van der Waals surface area contributed by atoms with Crippen LogP contribution in [-0.2, 0) is 27.2 Å². The Morgan fingerprint density at radius 1 is 0.581 bits per heavy atom. The molecular formula is C52H64N2O8. The number of allylic oxidation sites excluding steroid dienone is 2. The summed E-state index contributed by atoms with van der Waals surface area (Å²) in [7, 11) is 0. The molecule has 10 heteroatoms. The second kappa shape index (κ2) is 23.5. The van der Waals surface area contributed by atoms with Crippen molar-refractivity contribution < 1.29 is 38.2 Å². The van der Waals surface area contributed by atoms with E-state index in [9.17, 15) is 24.0 Å². The number of carbonyl (C=O) groups excluding carboxylic acids is 6. The van der Waals surface area contributed by atoms with Gasteiger partial charge in [-0.3, -0.25) is 28.8 Å². The van der Waals surface area contributed by atoms with Crippen LogP contribution in [0.1, 0.15) is 189 Å². The van der Waals surface area contributed by atoms with Crippen LogP contribution in [0.2, 0.25) is 0 Å². The molecule has 2 N–H and O–H groups in total. The number of amides is 2. The lowest BCUT2D eigenvalue weighted by atomic mass is 9.75. The molecule has 1 unspecified atom stereocenters. The summed E-state index contributed by atoms with van der Waals surface area (Å²) in [6, 6.07) is 17.3. The van der Waals surface area contributed by atoms with Crippen LogP contribution in [0.4, 0.5) is 5.69 Å². The summed E-state index contributed by atoms with van der Waals surface area (Å²) in [5.74, 6) is -3.94. The fourth-order valence-corrected chi connectivity index (χ4v) is 7.99. The Morgan fingerprint density at radius 3 is 1.68 bits per heavy atom. The Hall–Kier alpha value is -5.64. The van der Waals surface area contributed by atoms with Crippen molar-refractivity contribution in [3.63, 3.8) is 0 Å². The lowest BCUT2D eigenvalue weighted by molar-refractivity contribution is -0.157. The number of fused-ring (bicyclic) bond motifs is 1. The summed E-state index contributed by atoms with van der Waals surface area (Å²) in [4.78, 5) is 84.5. The number of hydrogen-bond donors (Lipinski definition) is 2. The predicted molar refractivity (Wildman–Crippen MR) is 243 cm³/mol. The standard InChI is InChI=1S/C52H64N2O8/c1-5-9-13-15-17-20-36-25-29-38(30-26-36)50(59)53-41-33-34-42(61-43(55)23-11-7-3)46-45(41)49(58)47-40(48(46)57)22-19-35-52(47,62-44(56)24-12-8-4)54-51(60)39-31-27-37(28-32-39)21-18-16-14-10-6-2/h19,22,25-34H,5-18,20-21,23-24,35H2,1-4H3,(H,53,59)(H,54,60). The third-order valence-electron chi connectivity index (χ3n) is 11.6. The van der Waals surface area contributed by atoms with Gasteiger partial charge in [0.25, 0.3) is 11.8 Å². The maximum atomic E-state index is 15.2. The van der Waals surface area contributed by atoms with E-state index in [0.717, 1.165) is 56.1 Å². The number of Topliss-reactive ketones (excluding diaryl/α,β-unsaturated/α-hetero) is 2. The number of ether oxygens (including phenoxy) is 2. The first kappa shape index (κ1) is 47.4. The van der Waals surface area contributed by atoms with E-state index in [1.54, 1.807) is 30.3 Å². The zero-order chi connectivity index (χ0) is 44.5. The number of rotatable bonds is 24. The maximum Gasteiger partial charge on any atom is 0.311 e. The third kappa shape index (κ3) is 12.3. The number of benzene rings is 3. The predicted octanol–water partition coefficient (Wildman–Crippen LogP) is 11.6. The van der Waals surface area contributed by atoms with Crippen molar-refractivity contribution in [2.75, 3.05) is 5.32 Å². The second-order valence-electron chi connectivity index (χ2n) is 16.5. The van der Waals surface area contributed by atoms with Gasteiger partial charge in [-0.25, -0.2) is 0 Å². The smallest absolute Gasteiger partial charge is 0.311 e. The average molecular weight is 845 g/mol. The Morgan fingerprint density at radius 2 is 1.11 bits per heavy atom. The number of anilines is 1. The largest absolute Gasteiger partial charge is 0.434 e. The van der Waals surface area contributed by atoms with E-state index in [1.165, 1.54) is 56.7 Å². The van der Waals surface area contributed by atoms with Gasteiger partial charge in [0.2, 0.25) is 5.72 Å². The molecule has 0 heterocycles. The van der Waals surface area contributed by atoms with Gasteiger partial charge in [-0.05, 0) is 86.1 Å². The molecule has 0 spiro atoms. The summed E-state index contributed by atoms with van der Waals surface area (Å²) in [5.41, 5.74) is -0.0454. The summed E-state index contributed by atoms with van der Waals surface area (Å²) in [6.45, 7) is 8.23. The zero-order valence-corrected chi connectivity index (χ0v) is 37.1. The van der Waals surface area contributed by atoms with Crippen LogP contribution >= 0.6 is 0 Å². The Bertz CT molecular complexity index is 2130. The lowest BCUT2D eigenvalue weighted by Gasteiger charge is -2.39. The minimum atomic E-state index is -2.07. The SMILES string of the molecule is CCCCCCCc1ccc(C(=O)Nc2ccc(OC(=O)CCCC)c3c2C(=O)C2=C(C=CCC2(NC(=O)c2ccc(CCCCCCC)cc2)OC(=O)CCCC)C3=O)cc1. The highest BCUT2D eigenvalue weighted by molar-refractivity contribution is 6.32. The van der Waals surface area contributed by atoms with Crippen molar-refractivity contribution in [3.05, 3.63) is 117 Å². The molecule has 0 aromatic heterocycles. The quantitative estimate of drug-likeness (QED) is 0.0392. The monoisotopic (exact) mass is 844 g/mol. The van der Waals surface area contributed by atoms with E-state index >= 15 is 4.79 Å². The second-order valence-corrected chi connectivity index (χ2v) is 16.5. The molecule has 3 aromatic carbocycles. The van der Waals surface area contributed by atoms with Crippen LogP contribution in [0.25, 0.3) is 0 Å². The van der Waals surface area contributed by atoms with Crippen LogP contribution in [0.5, 0.6) is 5.75 Å². The zero-order valence-electron chi connectivity index (χ0n) is 37.1. The molecule has 0 saturated carbocycles. The van der Waals surface area contributed by atoms with Crippen molar-refractivity contribution in [2.24, 2.45) is 0 Å². The molecule has 62 heavy (non-hydrogen) atoms. The van der Waals surface area contributed by atoms with Crippen molar-refractivity contribution in [2.45, 2.75) is 155 Å². The minimum Gasteiger partial charge on any atom is -0.434 e. The Balaban J connectivity index is 1.51. The van der Waals surface area contributed by atoms with Gasteiger partial charge in [0.05, 0.1) is 22.4 Å². The molecule has 2 amide bonds. The van der Waals surface area contributed by atoms with E-state index in [1.807, 2.05) is 38.1 Å². The average Bonchev–Trinajstić information content (AvgIpc) is 3.27. The molecule has 0 aliphatic heterocycles.